The molecule has 2 saturated heterocycles. The zero-order chi connectivity index (χ0) is 22.0. The Balaban J connectivity index is 1.47. The smallest absolute Gasteiger partial charge is 0.253 e. The number of hydrogen-bond acceptors (Lipinski definition) is 5. The monoisotopic (exact) mass is 418 g/mol. The minimum absolute atomic E-state index is 0.0529. The molecule has 2 fully saturated rings. The van der Waals surface area contributed by atoms with Crippen LogP contribution < -0.4 is 15.4 Å². The number of allylic oxidation sites excluding steroid dienone is 1. The van der Waals surface area contributed by atoms with Gasteiger partial charge in [-0.1, -0.05) is 12.1 Å². The fourth-order valence-corrected chi connectivity index (χ4v) is 4.47. The first-order chi connectivity index (χ1) is 15.0. The molecule has 0 aliphatic carbocycles. The van der Waals surface area contributed by atoms with E-state index in [-0.39, 0.29) is 11.8 Å². The number of anilines is 1. The lowest BCUT2D eigenvalue weighted by Gasteiger charge is -2.24. The van der Waals surface area contributed by atoms with Gasteiger partial charge >= 0.3 is 0 Å². The number of nitrogens with zero attached hydrogens (tertiary/aromatic N) is 2. The van der Waals surface area contributed by atoms with E-state index in [2.05, 4.69) is 0 Å². The van der Waals surface area contributed by atoms with Gasteiger partial charge in [-0.25, -0.2) is 0 Å². The zero-order valence-corrected chi connectivity index (χ0v) is 17.5. The minimum atomic E-state index is -0.516. The Hall–Kier alpha value is -3.61. The molecule has 2 aliphatic heterocycles. The number of rotatable bonds is 5. The molecular formula is C24H26N4O3. The van der Waals surface area contributed by atoms with Crippen molar-refractivity contribution in [1.82, 2.24) is 4.90 Å². The van der Waals surface area contributed by atoms with Gasteiger partial charge in [-0.05, 0) is 54.8 Å². The molecule has 2 heterocycles. The first kappa shape index (κ1) is 20.7. The second-order valence-electron chi connectivity index (χ2n) is 8.01. The average molecular weight is 418 g/mol. The summed E-state index contributed by atoms with van der Waals surface area (Å²) in [6.07, 6.45) is 4.01. The third kappa shape index (κ3) is 3.67. The average Bonchev–Trinajstić information content (AvgIpc) is 3.39. The molecule has 0 saturated carbocycles. The van der Waals surface area contributed by atoms with Crippen molar-refractivity contribution in [2.24, 2.45) is 11.1 Å². The van der Waals surface area contributed by atoms with Crippen molar-refractivity contribution < 1.29 is 14.3 Å². The van der Waals surface area contributed by atoms with Crippen LogP contribution in [-0.2, 0) is 4.79 Å². The lowest BCUT2D eigenvalue weighted by atomic mass is 9.85. The molecule has 0 aromatic heterocycles. The summed E-state index contributed by atoms with van der Waals surface area (Å²) in [5, 5.41) is 7.42. The summed E-state index contributed by atoms with van der Waals surface area (Å²) < 4.78 is 5.16. The van der Waals surface area contributed by atoms with Crippen molar-refractivity contribution in [1.29, 1.82) is 5.41 Å². The molecule has 0 bridgehead atoms. The van der Waals surface area contributed by atoms with Gasteiger partial charge in [-0.3, -0.25) is 9.59 Å². The van der Waals surface area contributed by atoms with E-state index in [0.29, 0.717) is 42.9 Å². The zero-order valence-electron chi connectivity index (χ0n) is 17.5. The van der Waals surface area contributed by atoms with Crippen LogP contribution >= 0.6 is 0 Å². The van der Waals surface area contributed by atoms with Gasteiger partial charge < -0.3 is 25.7 Å². The summed E-state index contributed by atoms with van der Waals surface area (Å²) in [5.74, 6) is 0.728. The van der Waals surface area contributed by atoms with Gasteiger partial charge in [0.15, 0.2) is 0 Å². The van der Waals surface area contributed by atoms with Gasteiger partial charge in [0.1, 0.15) is 5.75 Å². The van der Waals surface area contributed by atoms with Gasteiger partial charge in [-0.15, -0.1) is 0 Å². The van der Waals surface area contributed by atoms with Gasteiger partial charge in [0, 0.05) is 48.9 Å². The van der Waals surface area contributed by atoms with Crippen molar-refractivity contribution in [3.05, 3.63) is 65.9 Å². The highest BCUT2D eigenvalue weighted by atomic mass is 16.5. The van der Waals surface area contributed by atoms with E-state index in [1.807, 2.05) is 24.3 Å². The summed E-state index contributed by atoms with van der Waals surface area (Å²) in [6, 6.07) is 14.6. The normalized spacial score (nSPS) is 21.1. The highest BCUT2D eigenvalue weighted by Gasteiger charge is 2.52. The number of carbonyl (C=O) groups is 2. The van der Waals surface area contributed by atoms with Crippen molar-refractivity contribution >= 4 is 29.3 Å². The molecular weight excluding hydrogens is 392 g/mol. The Morgan fingerprint density at radius 3 is 2.32 bits per heavy atom. The molecule has 1 unspecified atom stereocenters. The third-order valence-corrected chi connectivity index (χ3v) is 6.34. The molecule has 1 spiro atoms. The second-order valence-corrected chi connectivity index (χ2v) is 8.01. The number of carbonyl (C=O) groups excluding carboxylic acids is 2. The van der Waals surface area contributed by atoms with Crippen molar-refractivity contribution in [3.63, 3.8) is 0 Å². The predicted molar refractivity (Wildman–Crippen MR) is 120 cm³/mol. The number of ether oxygens (including phenoxy) is 1. The van der Waals surface area contributed by atoms with E-state index in [4.69, 9.17) is 15.9 Å². The topological polar surface area (TPSA) is 99.7 Å². The van der Waals surface area contributed by atoms with Crippen LogP contribution in [0.2, 0.25) is 0 Å². The Bertz CT molecular complexity index is 1030. The number of hydrogen-bond donors (Lipinski definition) is 2. The summed E-state index contributed by atoms with van der Waals surface area (Å²) in [5.41, 5.74) is 7.92. The maximum absolute atomic E-state index is 13.4. The molecule has 2 aromatic carbocycles. The number of nitrogens with one attached hydrogen (secondary N) is 1. The van der Waals surface area contributed by atoms with Gasteiger partial charge in [0.05, 0.1) is 12.5 Å². The largest absolute Gasteiger partial charge is 0.497 e. The van der Waals surface area contributed by atoms with Gasteiger partial charge in [0.25, 0.3) is 5.91 Å². The first-order valence-electron chi connectivity index (χ1n) is 10.3. The van der Waals surface area contributed by atoms with E-state index in [1.54, 1.807) is 41.2 Å². The van der Waals surface area contributed by atoms with Crippen LogP contribution in [0.3, 0.4) is 0 Å². The highest BCUT2D eigenvalue weighted by molar-refractivity contribution is 6.08. The van der Waals surface area contributed by atoms with E-state index in [9.17, 15) is 9.59 Å². The summed E-state index contributed by atoms with van der Waals surface area (Å²) >= 11 is 0. The molecule has 0 radical (unpaired) electrons. The maximum Gasteiger partial charge on any atom is 0.253 e. The number of methoxy groups -OCH3 is 1. The molecule has 7 nitrogen and oxygen atoms in total. The fourth-order valence-electron chi connectivity index (χ4n) is 4.47. The van der Waals surface area contributed by atoms with Crippen molar-refractivity contribution in [2.45, 2.75) is 12.8 Å². The molecule has 2 amide bonds. The van der Waals surface area contributed by atoms with E-state index >= 15 is 0 Å². The minimum Gasteiger partial charge on any atom is -0.497 e. The van der Waals surface area contributed by atoms with Crippen LogP contribution in [0.4, 0.5) is 5.69 Å². The predicted octanol–water partition coefficient (Wildman–Crippen LogP) is 2.91. The summed E-state index contributed by atoms with van der Waals surface area (Å²) in [6.45, 7) is 1.65. The van der Waals surface area contributed by atoms with Crippen LogP contribution in [0.25, 0.3) is 5.57 Å². The molecule has 7 heteroatoms. The maximum atomic E-state index is 13.4. The lowest BCUT2D eigenvalue weighted by Crippen LogP contribution is -2.38. The van der Waals surface area contributed by atoms with Crippen LogP contribution in [0.1, 0.15) is 28.8 Å². The molecule has 2 aromatic rings. The third-order valence-electron chi connectivity index (χ3n) is 6.34. The lowest BCUT2D eigenvalue weighted by molar-refractivity contribution is -0.124. The van der Waals surface area contributed by atoms with E-state index < -0.39 is 5.41 Å². The van der Waals surface area contributed by atoms with Gasteiger partial charge in [-0.2, -0.15) is 0 Å². The van der Waals surface area contributed by atoms with Crippen LogP contribution in [0.15, 0.2) is 54.7 Å². The quantitative estimate of drug-likeness (QED) is 0.729. The van der Waals surface area contributed by atoms with Crippen LogP contribution in [-0.4, -0.2) is 49.7 Å². The number of benzene rings is 2. The fraction of sp³-hybridized carbons (Fsp3) is 0.292. The Kier molecular flexibility index (Phi) is 5.50. The molecule has 2 aliphatic rings. The standard InChI is InChI=1S/C24H26N4O3/c1-31-21-8-4-18(5-9-21)22(29)27-12-10-24(16-27)11-13-28(23(24)30)20-6-2-17(3-7-20)19(14-25)15-26/h2-9,14-15,25H,10-13,16,26H2,1H3/b19-15+,25-14?. The molecule has 31 heavy (non-hydrogen) atoms. The van der Waals surface area contributed by atoms with Gasteiger partial charge in [0.2, 0.25) is 5.91 Å². The Morgan fingerprint density at radius 2 is 1.71 bits per heavy atom. The molecule has 1 atom stereocenters. The van der Waals surface area contributed by atoms with Crippen LogP contribution in [0.5, 0.6) is 5.75 Å². The first-order valence-corrected chi connectivity index (χ1v) is 10.3. The number of amides is 2. The molecule has 3 N–H and O–H groups in total. The van der Waals surface area contributed by atoms with E-state index in [0.717, 1.165) is 17.7 Å². The number of likely N-dealkylation sites (tertiary alicyclic amines) is 1. The molecule has 160 valence electrons. The Morgan fingerprint density at radius 1 is 1.06 bits per heavy atom. The summed E-state index contributed by atoms with van der Waals surface area (Å²) in [7, 11) is 1.59. The summed E-state index contributed by atoms with van der Waals surface area (Å²) in [4.78, 5) is 29.9. The second kappa shape index (κ2) is 8.26. The van der Waals surface area contributed by atoms with Crippen molar-refractivity contribution in [2.75, 3.05) is 31.6 Å². The Labute approximate surface area is 181 Å². The van der Waals surface area contributed by atoms with Crippen molar-refractivity contribution in [3.8, 4) is 5.75 Å². The van der Waals surface area contributed by atoms with E-state index in [1.165, 1.54) is 12.4 Å². The molecule has 4 rings (SSSR count). The number of nitrogens with two attached hydrogens (primary N) is 1. The SMILES string of the molecule is COc1ccc(C(=O)N2CCC3(CCN(c4ccc(/C(C=N)=C/N)cc4)C3=O)C2)cc1. The highest BCUT2D eigenvalue weighted by Crippen LogP contribution is 2.42. The van der Waals surface area contributed by atoms with Crippen LogP contribution in [0, 0.1) is 10.8 Å².